The molecule has 4 rings (SSSR count). The van der Waals surface area contributed by atoms with E-state index in [1.807, 2.05) is 25.1 Å². The minimum atomic E-state index is 0.164. The SMILES string of the molecule is CCOCN1CCC(COc2noc3cccc(OC4CCOCC4)c23)CC1. The summed E-state index contributed by atoms with van der Waals surface area (Å²) < 4.78 is 28.7. The van der Waals surface area contributed by atoms with Crippen LogP contribution in [-0.2, 0) is 9.47 Å². The zero-order valence-electron chi connectivity index (χ0n) is 16.6. The molecule has 0 unspecified atom stereocenters. The minimum Gasteiger partial charge on any atom is -0.489 e. The topological polar surface area (TPSA) is 66.2 Å². The molecule has 0 amide bonds. The van der Waals surface area contributed by atoms with Crippen LogP contribution in [-0.4, -0.2) is 62.4 Å². The van der Waals surface area contributed by atoms with E-state index in [-0.39, 0.29) is 6.10 Å². The molecule has 0 radical (unpaired) electrons. The van der Waals surface area contributed by atoms with Gasteiger partial charge in [0.05, 0.1) is 26.6 Å². The van der Waals surface area contributed by atoms with Crippen molar-refractivity contribution in [2.75, 3.05) is 46.2 Å². The highest BCUT2D eigenvalue weighted by atomic mass is 16.5. The number of hydrogen-bond acceptors (Lipinski definition) is 7. The van der Waals surface area contributed by atoms with Crippen LogP contribution in [0.25, 0.3) is 11.0 Å². The van der Waals surface area contributed by atoms with Crippen LogP contribution in [0, 0.1) is 5.92 Å². The Morgan fingerprint density at radius 1 is 1.14 bits per heavy atom. The molecule has 7 heteroatoms. The van der Waals surface area contributed by atoms with Crippen LogP contribution in [0.15, 0.2) is 22.7 Å². The summed E-state index contributed by atoms with van der Waals surface area (Å²) in [7, 11) is 0. The van der Waals surface area contributed by atoms with Gasteiger partial charge in [0.15, 0.2) is 5.58 Å². The second-order valence-electron chi connectivity index (χ2n) is 7.54. The van der Waals surface area contributed by atoms with Gasteiger partial charge in [-0.25, -0.2) is 0 Å². The molecule has 1 aromatic carbocycles. The van der Waals surface area contributed by atoms with Crippen LogP contribution >= 0.6 is 0 Å². The fourth-order valence-electron chi connectivity index (χ4n) is 3.80. The quantitative estimate of drug-likeness (QED) is 0.684. The molecule has 7 nitrogen and oxygen atoms in total. The molecule has 3 heterocycles. The number of benzene rings is 1. The number of rotatable bonds is 8. The lowest BCUT2D eigenvalue weighted by Gasteiger charge is -2.31. The summed E-state index contributed by atoms with van der Waals surface area (Å²) in [4.78, 5) is 2.35. The summed E-state index contributed by atoms with van der Waals surface area (Å²) in [5, 5.41) is 4.99. The lowest BCUT2D eigenvalue weighted by molar-refractivity contribution is 0.0117. The van der Waals surface area contributed by atoms with Crippen molar-refractivity contribution in [3.63, 3.8) is 0 Å². The monoisotopic (exact) mass is 390 g/mol. The van der Waals surface area contributed by atoms with E-state index in [1.165, 1.54) is 0 Å². The molecule has 2 aliphatic heterocycles. The molecule has 0 aliphatic carbocycles. The zero-order valence-corrected chi connectivity index (χ0v) is 16.6. The first-order valence-corrected chi connectivity index (χ1v) is 10.4. The minimum absolute atomic E-state index is 0.164. The first kappa shape index (κ1) is 19.5. The first-order chi connectivity index (χ1) is 13.8. The zero-order chi connectivity index (χ0) is 19.2. The van der Waals surface area contributed by atoms with Crippen LogP contribution in [0.5, 0.6) is 11.6 Å². The van der Waals surface area contributed by atoms with E-state index in [4.69, 9.17) is 23.5 Å². The van der Waals surface area contributed by atoms with Gasteiger partial charge in [0.25, 0.3) is 5.88 Å². The molecule has 0 N–H and O–H groups in total. The Balaban J connectivity index is 1.36. The van der Waals surface area contributed by atoms with Gasteiger partial charge in [-0.05, 0) is 43.0 Å². The van der Waals surface area contributed by atoms with Gasteiger partial charge in [-0.3, -0.25) is 4.90 Å². The Morgan fingerprint density at radius 2 is 1.96 bits per heavy atom. The smallest absolute Gasteiger partial charge is 0.265 e. The number of ether oxygens (including phenoxy) is 4. The van der Waals surface area contributed by atoms with Gasteiger partial charge in [0.2, 0.25) is 0 Å². The molecule has 2 fully saturated rings. The maximum Gasteiger partial charge on any atom is 0.265 e. The van der Waals surface area contributed by atoms with Gasteiger partial charge in [0.1, 0.15) is 17.2 Å². The van der Waals surface area contributed by atoms with Crippen molar-refractivity contribution in [1.29, 1.82) is 0 Å². The summed E-state index contributed by atoms with van der Waals surface area (Å²) in [6.07, 6.45) is 4.18. The van der Waals surface area contributed by atoms with E-state index in [2.05, 4.69) is 10.1 Å². The van der Waals surface area contributed by atoms with E-state index in [0.29, 0.717) is 24.0 Å². The highest BCUT2D eigenvalue weighted by Crippen LogP contribution is 2.35. The third kappa shape index (κ3) is 4.77. The van der Waals surface area contributed by atoms with Gasteiger partial charge in [0, 0.05) is 32.5 Å². The highest BCUT2D eigenvalue weighted by Gasteiger charge is 2.23. The van der Waals surface area contributed by atoms with Crippen molar-refractivity contribution in [3.8, 4) is 11.6 Å². The molecule has 0 saturated carbocycles. The molecule has 28 heavy (non-hydrogen) atoms. The fourth-order valence-corrected chi connectivity index (χ4v) is 3.80. The molecule has 2 aromatic rings. The Bertz CT molecular complexity index is 735. The standard InChI is InChI=1S/C21H30N2O5/c1-2-24-15-23-10-6-16(7-11-23)14-26-21-20-18(4-3-5-19(20)28-22-21)27-17-8-12-25-13-9-17/h3-5,16-17H,2,6-15H2,1H3. The van der Waals surface area contributed by atoms with E-state index >= 15 is 0 Å². The number of nitrogens with zero attached hydrogens (tertiary/aromatic N) is 2. The summed E-state index contributed by atoms with van der Waals surface area (Å²) in [6, 6.07) is 5.80. The van der Waals surface area contributed by atoms with Gasteiger partial charge < -0.3 is 23.5 Å². The molecule has 2 aliphatic rings. The Hall–Kier alpha value is -1.83. The first-order valence-electron chi connectivity index (χ1n) is 10.4. The molecule has 0 spiro atoms. The molecule has 2 saturated heterocycles. The summed E-state index contributed by atoms with van der Waals surface area (Å²) in [5.74, 6) is 1.84. The molecule has 0 atom stereocenters. The maximum atomic E-state index is 6.23. The molecular weight excluding hydrogens is 360 g/mol. The third-order valence-electron chi connectivity index (χ3n) is 5.53. The number of likely N-dealkylation sites (tertiary alicyclic amines) is 1. The van der Waals surface area contributed by atoms with Gasteiger partial charge >= 0.3 is 0 Å². The van der Waals surface area contributed by atoms with Crippen molar-refractivity contribution < 1.29 is 23.5 Å². The summed E-state index contributed by atoms with van der Waals surface area (Å²) in [6.45, 7) is 7.76. The van der Waals surface area contributed by atoms with Gasteiger partial charge in [-0.1, -0.05) is 6.07 Å². The van der Waals surface area contributed by atoms with Crippen molar-refractivity contribution in [2.45, 2.75) is 38.7 Å². The predicted octanol–water partition coefficient (Wildman–Crippen LogP) is 3.47. The van der Waals surface area contributed by atoms with Crippen molar-refractivity contribution in [2.24, 2.45) is 5.92 Å². The maximum absolute atomic E-state index is 6.23. The van der Waals surface area contributed by atoms with Crippen molar-refractivity contribution in [3.05, 3.63) is 18.2 Å². The van der Waals surface area contributed by atoms with Crippen LogP contribution in [0.3, 0.4) is 0 Å². The van der Waals surface area contributed by atoms with Crippen LogP contribution < -0.4 is 9.47 Å². The lowest BCUT2D eigenvalue weighted by Crippen LogP contribution is -2.36. The largest absolute Gasteiger partial charge is 0.489 e. The fraction of sp³-hybridized carbons (Fsp3) is 0.667. The van der Waals surface area contributed by atoms with Crippen molar-refractivity contribution in [1.82, 2.24) is 10.1 Å². The molecule has 0 bridgehead atoms. The number of piperidine rings is 1. The van der Waals surface area contributed by atoms with Crippen LogP contribution in [0.1, 0.15) is 32.6 Å². The average Bonchev–Trinajstić information content (AvgIpc) is 3.16. The second-order valence-corrected chi connectivity index (χ2v) is 7.54. The highest BCUT2D eigenvalue weighted by molar-refractivity contribution is 5.88. The summed E-state index contributed by atoms with van der Waals surface area (Å²) >= 11 is 0. The van der Waals surface area contributed by atoms with E-state index in [0.717, 1.165) is 76.5 Å². The Labute approximate surface area is 165 Å². The lowest BCUT2D eigenvalue weighted by atomic mass is 9.98. The van der Waals surface area contributed by atoms with Crippen molar-refractivity contribution >= 4 is 11.0 Å². The van der Waals surface area contributed by atoms with E-state index in [9.17, 15) is 0 Å². The predicted molar refractivity (Wildman–Crippen MR) is 105 cm³/mol. The van der Waals surface area contributed by atoms with Gasteiger partial charge in [-0.2, -0.15) is 0 Å². The number of hydrogen-bond donors (Lipinski definition) is 0. The van der Waals surface area contributed by atoms with E-state index < -0.39 is 0 Å². The average molecular weight is 390 g/mol. The number of fused-ring (bicyclic) bond motifs is 1. The second kappa shape index (κ2) is 9.58. The third-order valence-corrected chi connectivity index (χ3v) is 5.53. The van der Waals surface area contributed by atoms with Gasteiger partial charge in [-0.15, -0.1) is 0 Å². The normalized spacial score (nSPS) is 19.9. The Morgan fingerprint density at radius 3 is 2.75 bits per heavy atom. The van der Waals surface area contributed by atoms with Crippen LogP contribution in [0.2, 0.25) is 0 Å². The molecular formula is C21H30N2O5. The molecule has 154 valence electrons. The Kier molecular flexibility index (Phi) is 6.67. The summed E-state index contributed by atoms with van der Waals surface area (Å²) in [5.41, 5.74) is 0.700. The number of aromatic nitrogens is 1. The van der Waals surface area contributed by atoms with Crippen LogP contribution in [0.4, 0.5) is 0 Å². The molecule has 1 aromatic heterocycles. The van der Waals surface area contributed by atoms with E-state index in [1.54, 1.807) is 0 Å².